The van der Waals surface area contributed by atoms with E-state index in [1.165, 1.54) is 8.61 Å². The number of anilines is 2. The van der Waals surface area contributed by atoms with Gasteiger partial charge in [0, 0.05) is 25.7 Å². The molecule has 1 N–H and O–H groups in total. The minimum absolute atomic E-state index is 0.0686. The molecule has 0 spiro atoms. The molecular formula is C16H22N4O4S. The molecule has 0 bridgehead atoms. The Labute approximate surface area is 147 Å². The standard InChI is InChI=1S/C16H22N4O4S/c21-16(18-9-11-24-12-10-18)17-7-8-19-14-3-1-2-4-15(14)20(13-5-6-13)25(19,22)23/h1-4,13H,5-12H2,(H,17,21). The number of carbonyl (C=O) groups excluding carboxylic acids is 1. The van der Waals surface area contributed by atoms with Crippen molar-refractivity contribution in [3.63, 3.8) is 0 Å². The van der Waals surface area contributed by atoms with Gasteiger partial charge in [0.25, 0.3) is 0 Å². The molecule has 0 aromatic heterocycles. The first-order valence-corrected chi connectivity index (χ1v) is 10.0. The fourth-order valence-electron chi connectivity index (χ4n) is 3.29. The van der Waals surface area contributed by atoms with Gasteiger partial charge in [0.05, 0.1) is 31.1 Å². The Hall–Kier alpha value is -2.00. The van der Waals surface area contributed by atoms with Gasteiger partial charge in [-0.05, 0) is 25.0 Å². The van der Waals surface area contributed by atoms with Gasteiger partial charge in [-0.15, -0.1) is 0 Å². The monoisotopic (exact) mass is 366 g/mol. The largest absolute Gasteiger partial charge is 0.378 e. The van der Waals surface area contributed by atoms with Crippen LogP contribution in [-0.4, -0.2) is 64.8 Å². The summed E-state index contributed by atoms with van der Waals surface area (Å²) in [5.41, 5.74) is 1.43. The molecule has 8 nitrogen and oxygen atoms in total. The SMILES string of the molecule is O=C(NCCN1c2ccccc2N(C2CC2)S1(=O)=O)N1CCOCC1. The maximum Gasteiger partial charge on any atom is 0.326 e. The van der Waals surface area contributed by atoms with Gasteiger partial charge in [0.15, 0.2) is 0 Å². The predicted molar refractivity (Wildman–Crippen MR) is 94.0 cm³/mol. The fraction of sp³-hybridized carbons (Fsp3) is 0.562. The lowest BCUT2D eigenvalue weighted by Gasteiger charge is -2.27. The van der Waals surface area contributed by atoms with Crippen LogP contribution in [0.2, 0.25) is 0 Å². The molecule has 0 unspecified atom stereocenters. The Bertz CT molecular complexity index is 759. The summed E-state index contributed by atoms with van der Waals surface area (Å²) >= 11 is 0. The first kappa shape index (κ1) is 16.5. The fourth-order valence-corrected chi connectivity index (χ4v) is 5.22. The van der Waals surface area contributed by atoms with E-state index in [1.807, 2.05) is 24.3 Å². The third kappa shape index (κ3) is 3.02. The van der Waals surface area contributed by atoms with Crippen molar-refractivity contribution in [1.29, 1.82) is 0 Å². The molecule has 136 valence electrons. The van der Waals surface area contributed by atoms with Gasteiger partial charge in [-0.2, -0.15) is 8.42 Å². The predicted octanol–water partition coefficient (Wildman–Crippen LogP) is 0.762. The van der Waals surface area contributed by atoms with E-state index in [0.29, 0.717) is 32.0 Å². The zero-order chi connectivity index (χ0) is 17.4. The molecule has 1 saturated heterocycles. The molecule has 2 aliphatic heterocycles. The Balaban J connectivity index is 1.44. The third-order valence-electron chi connectivity index (χ3n) is 4.68. The van der Waals surface area contributed by atoms with E-state index in [4.69, 9.17) is 4.74 Å². The average Bonchev–Trinajstić information content (AvgIpc) is 3.41. The molecular weight excluding hydrogens is 344 g/mol. The maximum absolute atomic E-state index is 12.9. The summed E-state index contributed by atoms with van der Waals surface area (Å²) < 4.78 is 34.0. The molecule has 3 aliphatic rings. The molecule has 1 aliphatic carbocycles. The van der Waals surface area contributed by atoms with Crippen molar-refractivity contribution in [3.8, 4) is 0 Å². The molecule has 2 amide bonds. The molecule has 25 heavy (non-hydrogen) atoms. The highest BCUT2D eigenvalue weighted by Crippen LogP contribution is 2.46. The summed E-state index contributed by atoms with van der Waals surface area (Å²) in [6.45, 7) is 2.69. The van der Waals surface area contributed by atoms with Gasteiger partial charge in [-0.1, -0.05) is 12.1 Å². The molecule has 0 radical (unpaired) electrons. The topological polar surface area (TPSA) is 82.2 Å². The number of amides is 2. The van der Waals surface area contributed by atoms with Crippen LogP contribution < -0.4 is 13.9 Å². The number of hydrogen-bond acceptors (Lipinski definition) is 4. The number of carbonyl (C=O) groups is 1. The average molecular weight is 366 g/mol. The second kappa shape index (κ2) is 6.38. The van der Waals surface area contributed by atoms with Crippen LogP contribution in [0, 0.1) is 0 Å². The number of morpholine rings is 1. The van der Waals surface area contributed by atoms with Crippen LogP contribution in [0.3, 0.4) is 0 Å². The van der Waals surface area contributed by atoms with Crippen LogP contribution in [0.5, 0.6) is 0 Å². The Morgan fingerprint density at radius 1 is 1.16 bits per heavy atom. The summed E-state index contributed by atoms with van der Waals surface area (Å²) in [5.74, 6) is 0. The van der Waals surface area contributed by atoms with Crippen molar-refractivity contribution in [1.82, 2.24) is 10.2 Å². The first-order chi connectivity index (χ1) is 12.1. The van der Waals surface area contributed by atoms with Crippen LogP contribution in [0.4, 0.5) is 16.2 Å². The van der Waals surface area contributed by atoms with Gasteiger partial charge < -0.3 is 15.0 Å². The number of hydrogen-bond donors (Lipinski definition) is 1. The molecule has 1 aromatic carbocycles. The maximum atomic E-state index is 12.9. The lowest BCUT2D eigenvalue weighted by atomic mass is 10.2. The summed E-state index contributed by atoms with van der Waals surface area (Å²) in [6, 6.07) is 7.25. The minimum atomic E-state index is -3.56. The van der Waals surface area contributed by atoms with Crippen LogP contribution in [0.25, 0.3) is 0 Å². The van der Waals surface area contributed by atoms with Crippen LogP contribution in [-0.2, 0) is 14.9 Å². The number of rotatable bonds is 4. The lowest BCUT2D eigenvalue weighted by molar-refractivity contribution is 0.0533. The van der Waals surface area contributed by atoms with Crippen molar-refractivity contribution < 1.29 is 17.9 Å². The van der Waals surface area contributed by atoms with Crippen LogP contribution in [0.1, 0.15) is 12.8 Å². The molecule has 2 fully saturated rings. The molecule has 9 heteroatoms. The summed E-state index contributed by atoms with van der Waals surface area (Å²) in [5, 5.41) is 2.81. The highest BCUT2D eigenvalue weighted by atomic mass is 32.2. The summed E-state index contributed by atoms with van der Waals surface area (Å²) in [6.07, 6.45) is 1.80. The number of nitrogens with one attached hydrogen (secondary N) is 1. The van der Waals surface area contributed by atoms with E-state index >= 15 is 0 Å². The zero-order valence-corrected chi connectivity index (χ0v) is 14.7. The van der Waals surface area contributed by atoms with E-state index in [0.717, 1.165) is 18.5 Å². The number of para-hydroxylation sites is 2. The van der Waals surface area contributed by atoms with E-state index in [2.05, 4.69) is 5.32 Å². The normalized spacial score (nSPS) is 22.0. The van der Waals surface area contributed by atoms with E-state index in [1.54, 1.807) is 4.90 Å². The second-order valence-electron chi connectivity index (χ2n) is 6.43. The van der Waals surface area contributed by atoms with Crippen LogP contribution >= 0.6 is 0 Å². The van der Waals surface area contributed by atoms with E-state index in [9.17, 15) is 13.2 Å². The highest BCUT2D eigenvalue weighted by molar-refractivity contribution is 7.94. The number of fused-ring (bicyclic) bond motifs is 1. The van der Waals surface area contributed by atoms with Crippen molar-refractivity contribution in [2.45, 2.75) is 18.9 Å². The molecule has 1 aromatic rings. The smallest absolute Gasteiger partial charge is 0.326 e. The lowest BCUT2D eigenvalue weighted by Crippen LogP contribution is -2.48. The van der Waals surface area contributed by atoms with E-state index < -0.39 is 10.2 Å². The van der Waals surface area contributed by atoms with Crippen molar-refractivity contribution in [2.75, 3.05) is 48.0 Å². The van der Waals surface area contributed by atoms with Gasteiger partial charge in [0.2, 0.25) is 0 Å². The molecule has 1 saturated carbocycles. The Morgan fingerprint density at radius 3 is 2.52 bits per heavy atom. The van der Waals surface area contributed by atoms with Crippen molar-refractivity contribution >= 4 is 27.6 Å². The molecule has 4 rings (SSSR count). The third-order valence-corrected chi connectivity index (χ3v) is 6.61. The molecule has 0 atom stereocenters. The number of benzene rings is 1. The number of ether oxygens (including phenoxy) is 1. The Morgan fingerprint density at radius 2 is 1.84 bits per heavy atom. The van der Waals surface area contributed by atoms with Crippen molar-refractivity contribution in [3.05, 3.63) is 24.3 Å². The Kier molecular flexibility index (Phi) is 4.20. The van der Waals surface area contributed by atoms with Crippen LogP contribution in [0.15, 0.2) is 24.3 Å². The second-order valence-corrected chi connectivity index (χ2v) is 8.16. The van der Waals surface area contributed by atoms with Gasteiger partial charge in [-0.3, -0.25) is 0 Å². The first-order valence-electron chi connectivity index (χ1n) is 8.61. The minimum Gasteiger partial charge on any atom is -0.378 e. The summed E-state index contributed by atoms with van der Waals surface area (Å²) in [7, 11) is -3.56. The summed E-state index contributed by atoms with van der Waals surface area (Å²) in [4.78, 5) is 13.8. The highest BCUT2D eigenvalue weighted by Gasteiger charge is 2.47. The van der Waals surface area contributed by atoms with Crippen molar-refractivity contribution in [2.24, 2.45) is 0 Å². The van der Waals surface area contributed by atoms with Gasteiger partial charge >= 0.3 is 16.2 Å². The quantitative estimate of drug-likeness (QED) is 0.853. The van der Waals surface area contributed by atoms with Gasteiger partial charge in [0.1, 0.15) is 0 Å². The van der Waals surface area contributed by atoms with Gasteiger partial charge in [-0.25, -0.2) is 13.4 Å². The number of nitrogens with zero attached hydrogens (tertiary/aromatic N) is 3. The molecule has 2 heterocycles. The zero-order valence-electron chi connectivity index (χ0n) is 13.9. The van der Waals surface area contributed by atoms with E-state index in [-0.39, 0.29) is 25.2 Å². The number of urea groups is 1.